The molecular weight excluding hydrogens is 384 g/mol. The topological polar surface area (TPSA) is 111 Å². The van der Waals surface area contributed by atoms with Crippen LogP contribution in [-0.4, -0.2) is 33.5 Å². The lowest BCUT2D eigenvalue weighted by Crippen LogP contribution is -2.28. The summed E-state index contributed by atoms with van der Waals surface area (Å²) in [6, 6.07) is 10.1. The lowest BCUT2D eigenvalue weighted by atomic mass is 10.1. The number of sulfonamides is 1. The van der Waals surface area contributed by atoms with Gasteiger partial charge in [-0.1, -0.05) is 12.1 Å². The number of nitrogens with one attached hydrogen (secondary N) is 2. The summed E-state index contributed by atoms with van der Waals surface area (Å²) in [6.07, 6.45) is 0. The predicted octanol–water partition coefficient (Wildman–Crippen LogP) is 2.23. The zero-order chi connectivity index (χ0) is 20.3. The maximum Gasteiger partial charge on any atom is 0.338 e. The fourth-order valence-corrected chi connectivity index (χ4v) is 4.02. The molecule has 3 rings (SSSR count). The molecule has 9 heteroatoms. The second kappa shape index (κ2) is 7.99. The van der Waals surface area contributed by atoms with Crippen molar-refractivity contribution >= 4 is 27.6 Å². The van der Waals surface area contributed by atoms with E-state index in [0.717, 1.165) is 0 Å². The Balaban J connectivity index is 1.81. The Bertz CT molecular complexity index is 1020. The maximum atomic E-state index is 12.7. The summed E-state index contributed by atoms with van der Waals surface area (Å²) in [5.41, 5.74) is 1.30. The average molecular weight is 404 g/mol. The van der Waals surface area contributed by atoms with Crippen LogP contribution in [0.3, 0.4) is 0 Å². The lowest BCUT2D eigenvalue weighted by Gasteiger charge is -2.21. The SMILES string of the molecule is CCOC(=O)c1cccc(S(=O)(=O)NC(C)c2ccc3c(c2)NC(=O)CO3)c1. The third-order valence-electron chi connectivity index (χ3n) is 4.12. The fraction of sp³-hybridized carbons (Fsp3) is 0.263. The summed E-state index contributed by atoms with van der Waals surface area (Å²) in [6.45, 7) is 3.50. The first-order valence-corrected chi connectivity index (χ1v) is 10.1. The van der Waals surface area contributed by atoms with E-state index in [4.69, 9.17) is 9.47 Å². The van der Waals surface area contributed by atoms with Gasteiger partial charge >= 0.3 is 5.97 Å². The van der Waals surface area contributed by atoms with Crippen LogP contribution in [0.5, 0.6) is 5.75 Å². The standard InChI is InChI=1S/C19H20N2O6S/c1-3-26-19(23)14-5-4-6-15(9-14)28(24,25)21-12(2)13-7-8-17-16(10-13)20-18(22)11-27-17/h4-10,12,21H,3,11H2,1-2H3,(H,20,22). The number of esters is 1. The number of anilines is 1. The van der Waals surface area contributed by atoms with Gasteiger partial charge in [-0.15, -0.1) is 0 Å². The number of amides is 1. The van der Waals surface area contributed by atoms with Crippen LogP contribution >= 0.6 is 0 Å². The molecule has 2 aromatic carbocycles. The molecule has 2 aromatic rings. The Morgan fingerprint density at radius 3 is 2.82 bits per heavy atom. The zero-order valence-electron chi connectivity index (χ0n) is 15.4. The van der Waals surface area contributed by atoms with Crippen molar-refractivity contribution in [2.45, 2.75) is 24.8 Å². The molecule has 1 aliphatic rings. The number of hydrogen-bond acceptors (Lipinski definition) is 6. The molecule has 0 radical (unpaired) electrons. The van der Waals surface area contributed by atoms with E-state index in [1.165, 1.54) is 24.3 Å². The summed E-state index contributed by atoms with van der Waals surface area (Å²) in [4.78, 5) is 23.3. The smallest absolute Gasteiger partial charge is 0.338 e. The first-order chi connectivity index (χ1) is 13.3. The Hall–Kier alpha value is -2.91. The maximum absolute atomic E-state index is 12.7. The molecule has 1 heterocycles. The molecule has 1 unspecified atom stereocenters. The number of fused-ring (bicyclic) bond motifs is 1. The minimum Gasteiger partial charge on any atom is -0.482 e. The number of rotatable bonds is 6. The van der Waals surface area contributed by atoms with Crippen molar-refractivity contribution in [1.82, 2.24) is 4.72 Å². The number of hydrogen-bond donors (Lipinski definition) is 2. The van der Waals surface area contributed by atoms with Gasteiger partial charge in [0.15, 0.2) is 6.61 Å². The number of carbonyl (C=O) groups excluding carboxylic acids is 2. The Labute approximate surface area is 162 Å². The van der Waals surface area contributed by atoms with Crippen LogP contribution in [0.25, 0.3) is 0 Å². The lowest BCUT2D eigenvalue weighted by molar-refractivity contribution is -0.118. The van der Waals surface area contributed by atoms with Crippen molar-refractivity contribution in [2.24, 2.45) is 0 Å². The second-order valence-electron chi connectivity index (χ2n) is 6.18. The highest BCUT2D eigenvalue weighted by atomic mass is 32.2. The first-order valence-electron chi connectivity index (χ1n) is 8.66. The quantitative estimate of drug-likeness (QED) is 0.715. The third kappa shape index (κ3) is 4.32. The van der Waals surface area contributed by atoms with Gasteiger partial charge in [0.25, 0.3) is 5.91 Å². The molecule has 0 saturated carbocycles. The summed E-state index contributed by atoms with van der Waals surface area (Å²) >= 11 is 0. The molecule has 28 heavy (non-hydrogen) atoms. The largest absolute Gasteiger partial charge is 0.482 e. The summed E-state index contributed by atoms with van der Waals surface area (Å²) in [7, 11) is -3.89. The average Bonchev–Trinajstić information content (AvgIpc) is 2.67. The van der Waals surface area contributed by atoms with Gasteiger partial charge in [0.1, 0.15) is 5.75 Å². The van der Waals surface area contributed by atoms with Gasteiger partial charge in [0.05, 0.1) is 22.8 Å². The van der Waals surface area contributed by atoms with E-state index in [-0.39, 0.29) is 29.6 Å². The predicted molar refractivity (Wildman–Crippen MR) is 102 cm³/mol. The number of carbonyl (C=O) groups is 2. The fourth-order valence-electron chi connectivity index (χ4n) is 2.74. The first kappa shape index (κ1) is 19.8. The van der Waals surface area contributed by atoms with Crippen molar-refractivity contribution in [3.63, 3.8) is 0 Å². The van der Waals surface area contributed by atoms with Crippen molar-refractivity contribution < 1.29 is 27.5 Å². The van der Waals surface area contributed by atoms with Gasteiger partial charge in [-0.2, -0.15) is 0 Å². The molecule has 1 aliphatic heterocycles. The number of benzene rings is 2. The molecule has 0 aliphatic carbocycles. The molecule has 0 spiro atoms. The van der Waals surface area contributed by atoms with Crippen LogP contribution in [0.1, 0.15) is 35.8 Å². The van der Waals surface area contributed by atoms with E-state index in [1.54, 1.807) is 32.0 Å². The molecular formula is C19H20N2O6S. The van der Waals surface area contributed by atoms with Gasteiger partial charge < -0.3 is 14.8 Å². The van der Waals surface area contributed by atoms with E-state index in [2.05, 4.69) is 10.0 Å². The molecule has 1 amide bonds. The summed E-state index contributed by atoms with van der Waals surface area (Å²) in [5.74, 6) is -0.327. The van der Waals surface area contributed by atoms with Gasteiger partial charge in [-0.05, 0) is 49.7 Å². The zero-order valence-corrected chi connectivity index (χ0v) is 16.2. The van der Waals surface area contributed by atoms with Crippen LogP contribution in [0.15, 0.2) is 47.4 Å². The molecule has 0 bridgehead atoms. The summed E-state index contributed by atoms with van der Waals surface area (Å²) in [5, 5.41) is 2.69. The molecule has 0 saturated heterocycles. The van der Waals surface area contributed by atoms with Crippen LogP contribution in [0.4, 0.5) is 5.69 Å². The highest BCUT2D eigenvalue weighted by Crippen LogP contribution is 2.31. The van der Waals surface area contributed by atoms with E-state index >= 15 is 0 Å². The third-order valence-corrected chi connectivity index (χ3v) is 5.66. The highest BCUT2D eigenvalue weighted by Gasteiger charge is 2.22. The van der Waals surface area contributed by atoms with Gasteiger partial charge in [-0.3, -0.25) is 4.79 Å². The van der Waals surface area contributed by atoms with Crippen molar-refractivity contribution in [3.05, 3.63) is 53.6 Å². The van der Waals surface area contributed by atoms with Crippen molar-refractivity contribution in [3.8, 4) is 5.75 Å². The van der Waals surface area contributed by atoms with Gasteiger partial charge in [-0.25, -0.2) is 17.9 Å². The summed E-state index contributed by atoms with van der Waals surface area (Å²) < 4.78 is 38.2. The van der Waals surface area contributed by atoms with E-state index in [9.17, 15) is 18.0 Å². The number of ether oxygens (including phenoxy) is 2. The minimum atomic E-state index is -3.89. The Kier molecular flexibility index (Phi) is 5.66. The monoisotopic (exact) mass is 404 g/mol. The van der Waals surface area contributed by atoms with Crippen LogP contribution in [-0.2, 0) is 19.6 Å². The molecule has 8 nitrogen and oxygen atoms in total. The van der Waals surface area contributed by atoms with Crippen molar-refractivity contribution in [1.29, 1.82) is 0 Å². The Morgan fingerprint density at radius 1 is 1.29 bits per heavy atom. The van der Waals surface area contributed by atoms with Crippen molar-refractivity contribution in [2.75, 3.05) is 18.5 Å². The normalized spacial score (nSPS) is 14.4. The van der Waals surface area contributed by atoms with Gasteiger partial charge in [0.2, 0.25) is 10.0 Å². The van der Waals surface area contributed by atoms with Crippen LogP contribution < -0.4 is 14.8 Å². The molecule has 1 atom stereocenters. The second-order valence-corrected chi connectivity index (χ2v) is 7.90. The Morgan fingerprint density at radius 2 is 2.07 bits per heavy atom. The van der Waals surface area contributed by atoms with E-state index in [1.807, 2.05) is 0 Å². The molecule has 0 fully saturated rings. The van der Waals surface area contributed by atoms with E-state index < -0.39 is 22.0 Å². The minimum absolute atomic E-state index is 0.0421. The van der Waals surface area contributed by atoms with Gasteiger partial charge in [0, 0.05) is 6.04 Å². The van der Waals surface area contributed by atoms with Crippen LogP contribution in [0, 0.1) is 0 Å². The highest BCUT2D eigenvalue weighted by molar-refractivity contribution is 7.89. The molecule has 2 N–H and O–H groups in total. The molecule has 148 valence electrons. The van der Waals surface area contributed by atoms with E-state index in [0.29, 0.717) is 17.0 Å². The van der Waals surface area contributed by atoms with Crippen LogP contribution in [0.2, 0.25) is 0 Å². The molecule has 0 aromatic heterocycles.